The molecule has 0 saturated carbocycles. The van der Waals surface area contributed by atoms with E-state index >= 15 is 0 Å². The van der Waals surface area contributed by atoms with E-state index in [1.807, 2.05) is 25.1 Å². The lowest BCUT2D eigenvalue weighted by Gasteiger charge is -2.14. The second-order valence-corrected chi connectivity index (χ2v) is 5.69. The third kappa shape index (κ3) is 2.72. The van der Waals surface area contributed by atoms with Crippen molar-refractivity contribution in [2.75, 3.05) is 0 Å². The molecule has 2 aromatic rings. The van der Waals surface area contributed by atoms with Crippen molar-refractivity contribution in [3.8, 4) is 0 Å². The number of hydrogen-bond acceptors (Lipinski definition) is 1. The van der Waals surface area contributed by atoms with E-state index in [1.54, 1.807) is 18.2 Å². The maximum Gasteiger partial charge on any atom is 0.106 e. The van der Waals surface area contributed by atoms with E-state index in [-0.39, 0.29) is 0 Å². The standard InChI is InChI=1S/C14H11BrCl2O/c1-8-5-6-9(7-11(8)15)14(18)10-3-2-4-12(16)13(10)17/h2-7,14,18H,1H3. The van der Waals surface area contributed by atoms with Gasteiger partial charge in [0.05, 0.1) is 10.0 Å². The highest BCUT2D eigenvalue weighted by Gasteiger charge is 2.16. The Bertz CT molecular complexity index is 584. The predicted molar refractivity (Wildman–Crippen MR) is 79.4 cm³/mol. The van der Waals surface area contributed by atoms with Crippen molar-refractivity contribution in [1.29, 1.82) is 0 Å². The third-order valence-corrected chi connectivity index (χ3v) is 4.48. The summed E-state index contributed by atoms with van der Waals surface area (Å²) in [4.78, 5) is 0. The maximum atomic E-state index is 10.3. The van der Waals surface area contributed by atoms with Crippen LogP contribution in [0, 0.1) is 6.92 Å². The summed E-state index contributed by atoms with van der Waals surface area (Å²) in [6.45, 7) is 1.99. The highest BCUT2D eigenvalue weighted by molar-refractivity contribution is 9.10. The number of rotatable bonds is 2. The van der Waals surface area contributed by atoms with Gasteiger partial charge in [0.25, 0.3) is 0 Å². The van der Waals surface area contributed by atoms with Crippen molar-refractivity contribution in [2.45, 2.75) is 13.0 Å². The number of aliphatic hydroxyl groups excluding tert-OH is 1. The number of aryl methyl sites for hydroxylation is 1. The second kappa shape index (κ2) is 5.62. The molecule has 0 fully saturated rings. The maximum absolute atomic E-state index is 10.3. The molecule has 94 valence electrons. The van der Waals surface area contributed by atoms with E-state index in [9.17, 15) is 5.11 Å². The van der Waals surface area contributed by atoms with Crippen LogP contribution in [0.3, 0.4) is 0 Å². The van der Waals surface area contributed by atoms with Gasteiger partial charge in [-0.3, -0.25) is 0 Å². The van der Waals surface area contributed by atoms with Crippen LogP contribution in [-0.2, 0) is 0 Å². The van der Waals surface area contributed by atoms with Gasteiger partial charge in [-0.2, -0.15) is 0 Å². The molecule has 0 saturated heterocycles. The molecule has 1 atom stereocenters. The topological polar surface area (TPSA) is 20.2 Å². The molecule has 2 aromatic carbocycles. The minimum absolute atomic E-state index is 0.392. The van der Waals surface area contributed by atoms with Crippen molar-refractivity contribution in [1.82, 2.24) is 0 Å². The average Bonchev–Trinajstić information content (AvgIpc) is 2.35. The number of hydrogen-bond donors (Lipinski definition) is 1. The quantitative estimate of drug-likeness (QED) is 0.798. The van der Waals surface area contributed by atoms with E-state index in [4.69, 9.17) is 23.2 Å². The zero-order chi connectivity index (χ0) is 13.3. The van der Waals surface area contributed by atoms with Crippen LogP contribution in [0.25, 0.3) is 0 Å². The molecule has 1 unspecified atom stereocenters. The van der Waals surface area contributed by atoms with Crippen molar-refractivity contribution in [2.24, 2.45) is 0 Å². The Balaban J connectivity index is 2.44. The fourth-order valence-electron chi connectivity index (χ4n) is 1.69. The number of halogens is 3. The molecule has 0 heterocycles. The molecule has 0 aliphatic heterocycles. The first kappa shape index (κ1) is 13.9. The summed E-state index contributed by atoms with van der Waals surface area (Å²) in [5, 5.41) is 11.2. The molecule has 0 radical (unpaired) electrons. The van der Waals surface area contributed by atoms with Crippen molar-refractivity contribution < 1.29 is 5.11 Å². The lowest BCUT2D eigenvalue weighted by molar-refractivity contribution is 0.220. The molecule has 0 aliphatic rings. The first-order valence-electron chi connectivity index (χ1n) is 5.38. The zero-order valence-electron chi connectivity index (χ0n) is 9.62. The van der Waals surface area contributed by atoms with Crippen LogP contribution >= 0.6 is 39.1 Å². The van der Waals surface area contributed by atoms with Gasteiger partial charge in [-0.05, 0) is 30.2 Å². The Morgan fingerprint density at radius 1 is 1.17 bits per heavy atom. The Hall–Kier alpha value is -0.540. The van der Waals surface area contributed by atoms with Gasteiger partial charge in [-0.15, -0.1) is 0 Å². The van der Waals surface area contributed by atoms with Gasteiger partial charge in [-0.1, -0.05) is 63.4 Å². The van der Waals surface area contributed by atoms with Gasteiger partial charge >= 0.3 is 0 Å². The van der Waals surface area contributed by atoms with E-state index in [1.165, 1.54) is 0 Å². The van der Waals surface area contributed by atoms with Gasteiger partial charge in [-0.25, -0.2) is 0 Å². The predicted octanol–water partition coefficient (Wildman–Crippen LogP) is 5.15. The van der Waals surface area contributed by atoms with E-state index < -0.39 is 6.10 Å². The molecule has 4 heteroatoms. The fourth-order valence-corrected chi connectivity index (χ4v) is 2.50. The Labute approximate surface area is 124 Å². The van der Waals surface area contributed by atoms with Crippen LogP contribution in [0.5, 0.6) is 0 Å². The highest BCUT2D eigenvalue weighted by atomic mass is 79.9. The lowest BCUT2D eigenvalue weighted by Crippen LogP contribution is -2.01. The van der Waals surface area contributed by atoms with Crippen molar-refractivity contribution >= 4 is 39.1 Å². The third-order valence-electron chi connectivity index (χ3n) is 2.79. The number of benzene rings is 2. The SMILES string of the molecule is Cc1ccc(C(O)c2cccc(Cl)c2Cl)cc1Br. The van der Waals surface area contributed by atoms with Gasteiger partial charge in [0, 0.05) is 10.0 Å². The Morgan fingerprint density at radius 2 is 1.89 bits per heavy atom. The summed E-state index contributed by atoms with van der Waals surface area (Å²) < 4.78 is 0.956. The van der Waals surface area contributed by atoms with Crippen LogP contribution in [-0.4, -0.2) is 5.11 Å². The van der Waals surface area contributed by atoms with Gasteiger partial charge in [0.15, 0.2) is 0 Å². The minimum Gasteiger partial charge on any atom is -0.384 e. The monoisotopic (exact) mass is 344 g/mol. The van der Waals surface area contributed by atoms with Crippen molar-refractivity contribution in [3.05, 3.63) is 67.6 Å². The van der Waals surface area contributed by atoms with Crippen LogP contribution in [0.4, 0.5) is 0 Å². The normalized spacial score (nSPS) is 12.5. The Kier molecular flexibility index (Phi) is 4.33. The second-order valence-electron chi connectivity index (χ2n) is 4.05. The first-order chi connectivity index (χ1) is 8.50. The summed E-state index contributed by atoms with van der Waals surface area (Å²) in [5.74, 6) is 0. The van der Waals surface area contributed by atoms with E-state index in [2.05, 4.69) is 15.9 Å². The summed E-state index contributed by atoms with van der Waals surface area (Å²) in [6, 6.07) is 11.0. The highest BCUT2D eigenvalue weighted by Crippen LogP contribution is 2.34. The van der Waals surface area contributed by atoms with Gasteiger partial charge in [0.1, 0.15) is 6.10 Å². The van der Waals surface area contributed by atoms with Crippen LogP contribution < -0.4 is 0 Å². The lowest BCUT2D eigenvalue weighted by atomic mass is 10.0. The smallest absolute Gasteiger partial charge is 0.106 e. The van der Waals surface area contributed by atoms with Crippen LogP contribution in [0.15, 0.2) is 40.9 Å². The summed E-state index contributed by atoms with van der Waals surface area (Å²) in [7, 11) is 0. The van der Waals surface area contributed by atoms with E-state index in [0.29, 0.717) is 15.6 Å². The molecule has 0 aliphatic carbocycles. The van der Waals surface area contributed by atoms with Gasteiger partial charge < -0.3 is 5.11 Å². The molecule has 0 aromatic heterocycles. The van der Waals surface area contributed by atoms with Crippen LogP contribution in [0.2, 0.25) is 10.0 Å². The van der Waals surface area contributed by atoms with E-state index in [0.717, 1.165) is 15.6 Å². The molecule has 18 heavy (non-hydrogen) atoms. The first-order valence-corrected chi connectivity index (χ1v) is 6.93. The van der Waals surface area contributed by atoms with Crippen LogP contribution in [0.1, 0.15) is 22.8 Å². The van der Waals surface area contributed by atoms with Crippen molar-refractivity contribution in [3.63, 3.8) is 0 Å². The zero-order valence-corrected chi connectivity index (χ0v) is 12.7. The molecule has 1 nitrogen and oxygen atoms in total. The Morgan fingerprint density at radius 3 is 2.56 bits per heavy atom. The summed E-state index contributed by atoms with van der Waals surface area (Å²) in [6.07, 6.45) is -0.784. The van der Waals surface area contributed by atoms with Gasteiger partial charge in [0.2, 0.25) is 0 Å². The molecule has 2 rings (SSSR count). The molecule has 0 spiro atoms. The summed E-state index contributed by atoms with van der Waals surface area (Å²) in [5.41, 5.74) is 2.50. The summed E-state index contributed by atoms with van der Waals surface area (Å²) >= 11 is 15.5. The molecule has 0 bridgehead atoms. The molecule has 1 N–H and O–H groups in total. The average molecular weight is 346 g/mol. The fraction of sp³-hybridized carbons (Fsp3) is 0.143. The molecular formula is C14H11BrCl2O. The number of aliphatic hydroxyl groups is 1. The molecular weight excluding hydrogens is 335 g/mol. The largest absolute Gasteiger partial charge is 0.384 e. The molecule has 0 amide bonds. The minimum atomic E-state index is -0.784.